The first-order chi connectivity index (χ1) is 10.0. The number of nitrogen functional groups attached to an aromatic ring is 1. The molecule has 0 saturated carbocycles. The van der Waals surface area contributed by atoms with Crippen LogP contribution in [-0.2, 0) is 6.61 Å². The van der Waals surface area contributed by atoms with E-state index in [1.807, 2.05) is 0 Å². The van der Waals surface area contributed by atoms with Gasteiger partial charge >= 0.3 is 0 Å². The fourth-order valence-corrected chi connectivity index (χ4v) is 1.78. The van der Waals surface area contributed by atoms with Crippen LogP contribution in [0.5, 0.6) is 11.5 Å². The quantitative estimate of drug-likeness (QED) is 0.657. The van der Waals surface area contributed by atoms with Crippen molar-refractivity contribution in [2.75, 3.05) is 7.11 Å². The van der Waals surface area contributed by atoms with Gasteiger partial charge in [0.05, 0.1) is 12.7 Å². The van der Waals surface area contributed by atoms with Crippen molar-refractivity contribution in [1.29, 1.82) is 5.41 Å². The van der Waals surface area contributed by atoms with Crippen molar-refractivity contribution in [3.63, 3.8) is 0 Å². The van der Waals surface area contributed by atoms with E-state index in [1.165, 1.54) is 13.2 Å². The average Bonchev–Trinajstić information content (AvgIpc) is 2.48. The van der Waals surface area contributed by atoms with Crippen LogP contribution in [0.3, 0.4) is 0 Å². The second-order valence-corrected chi connectivity index (χ2v) is 4.31. The Balaban J connectivity index is 2.13. The highest BCUT2D eigenvalue weighted by Crippen LogP contribution is 2.22. The zero-order valence-electron chi connectivity index (χ0n) is 11.3. The topological polar surface area (TPSA) is 68.3 Å². The first kappa shape index (κ1) is 14.8. The average molecular weight is 292 g/mol. The Kier molecular flexibility index (Phi) is 4.37. The summed E-state index contributed by atoms with van der Waals surface area (Å²) in [5, 5.41) is 7.42. The zero-order chi connectivity index (χ0) is 15.4. The van der Waals surface area contributed by atoms with Crippen molar-refractivity contribution in [1.82, 2.24) is 0 Å². The van der Waals surface area contributed by atoms with Gasteiger partial charge in [-0.15, -0.1) is 0 Å². The molecule has 0 atom stereocenters. The molecule has 2 rings (SSSR count). The largest absolute Gasteiger partial charge is 0.496 e. The molecule has 0 unspecified atom stereocenters. The minimum absolute atomic E-state index is 0.0973. The van der Waals surface area contributed by atoms with E-state index in [0.29, 0.717) is 11.3 Å². The van der Waals surface area contributed by atoms with E-state index in [1.54, 1.807) is 18.2 Å². The van der Waals surface area contributed by atoms with Crippen LogP contribution < -0.4 is 15.2 Å². The van der Waals surface area contributed by atoms with E-state index < -0.39 is 11.6 Å². The van der Waals surface area contributed by atoms with Gasteiger partial charge in [-0.25, -0.2) is 8.78 Å². The van der Waals surface area contributed by atoms with Crippen LogP contribution in [0, 0.1) is 17.0 Å². The molecule has 0 aliphatic rings. The second kappa shape index (κ2) is 6.21. The van der Waals surface area contributed by atoms with Crippen molar-refractivity contribution >= 4 is 5.84 Å². The Morgan fingerprint density at radius 1 is 1.14 bits per heavy atom. The highest BCUT2D eigenvalue weighted by Gasteiger charge is 2.08. The molecule has 3 N–H and O–H groups in total. The Labute approximate surface area is 120 Å². The minimum Gasteiger partial charge on any atom is -0.496 e. The number of hydrogen-bond acceptors (Lipinski definition) is 3. The van der Waals surface area contributed by atoms with Gasteiger partial charge in [0.2, 0.25) is 0 Å². The zero-order valence-corrected chi connectivity index (χ0v) is 11.3. The molecule has 110 valence electrons. The molecular weight excluding hydrogens is 278 g/mol. The predicted molar refractivity (Wildman–Crippen MR) is 74.7 cm³/mol. The molecule has 0 aliphatic heterocycles. The molecular formula is C15H14F2N2O2. The molecule has 0 aromatic heterocycles. The number of rotatable bonds is 5. The lowest BCUT2D eigenvalue weighted by Gasteiger charge is -2.11. The number of nitrogens with two attached hydrogens (primary N) is 1. The number of halogens is 2. The number of hydrogen-bond donors (Lipinski definition) is 2. The van der Waals surface area contributed by atoms with Crippen LogP contribution >= 0.6 is 0 Å². The molecule has 0 saturated heterocycles. The summed E-state index contributed by atoms with van der Waals surface area (Å²) in [6.45, 7) is 0.152. The monoisotopic (exact) mass is 292 g/mol. The highest BCUT2D eigenvalue weighted by atomic mass is 19.2. The number of ether oxygens (including phenoxy) is 2. The molecule has 0 fully saturated rings. The van der Waals surface area contributed by atoms with Crippen molar-refractivity contribution in [3.05, 3.63) is 59.2 Å². The summed E-state index contributed by atoms with van der Waals surface area (Å²) in [5.74, 6) is -1.30. The van der Waals surface area contributed by atoms with Gasteiger partial charge in [-0.3, -0.25) is 5.41 Å². The first-order valence-electron chi connectivity index (χ1n) is 6.10. The maximum atomic E-state index is 13.1. The molecule has 21 heavy (non-hydrogen) atoms. The fourth-order valence-electron chi connectivity index (χ4n) is 1.78. The summed E-state index contributed by atoms with van der Waals surface area (Å²) in [6, 6.07) is 8.38. The molecule has 2 aromatic rings. The van der Waals surface area contributed by atoms with Crippen LogP contribution in [0.2, 0.25) is 0 Å². The maximum Gasteiger partial charge on any atom is 0.162 e. The van der Waals surface area contributed by atoms with Gasteiger partial charge < -0.3 is 15.2 Å². The van der Waals surface area contributed by atoms with Crippen LogP contribution in [0.4, 0.5) is 8.78 Å². The Morgan fingerprint density at radius 2 is 1.90 bits per heavy atom. The second-order valence-electron chi connectivity index (χ2n) is 4.31. The molecule has 2 aromatic carbocycles. The highest BCUT2D eigenvalue weighted by molar-refractivity contribution is 5.97. The lowest BCUT2D eigenvalue weighted by Crippen LogP contribution is -2.12. The van der Waals surface area contributed by atoms with E-state index in [0.717, 1.165) is 17.7 Å². The van der Waals surface area contributed by atoms with E-state index in [-0.39, 0.29) is 18.2 Å². The SMILES string of the molecule is COc1cc(COc2ccc(F)c(F)c2)ccc1C(=N)N. The predicted octanol–water partition coefficient (Wildman–Crippen LogP) is 2.84. The van der Waals surface area contributed by atoms with Gasteiger partial charge in [-0.2, -0.15) is 0 Å². The van der Waals surface area contributed by atoms with Crippen LogP contribution in [0.15, 0.2) is 36.4 Å². The summed E-state index contributed by atoms with van der Waals surface area (Å²) in [7, 11) is 1.47. The molecule has 0 amide bonds. The first-order valence-corrected chi connectivity index (χ1v) is 6.10. The van der Waals surface area contributed by atoms with E-state index in [4.69, 9.17) is 20.6 Å². The van der Waals surface area contributed by atoms with Gasteiger partial charge in [-0.1, -0.05) is 6.07 Å². The van der Waals surface area contributed by atoms with E-state index in [9.17, 15) is 8.78 Å². The number of benzene rings is 2. The van der Waals surface area contributed by atoms with Gasteiger partial charge in [0.15, 0.2) is 11.6 Å². The lowest BCUT2D eigenvalue weighted by atomic mass is 10.1. The normalized spacial score (nSPS) is 10.2. The van der Waals surface area contributed by atoms with Crippen LogP contribution in [-0.4, -0.2) is 12.9 Å². The summed E-state index contributed by atoms with van der Waals surface area (Å²) in [4.78, 5) is 0. The maximum absolute atomic E-state index is 13.1. The minimum atomic E-state index is -0.961. The Bertz CT molecular complexity index is 675. The molecule has 0 spiro atoms. The summed E-state index contributed by atoms with van der Waals surface area (Å²) >= 11 is 0. The number of amidine groups is 1. The van der Waals surface area contributed by atoms with Crippen LogP contribution in [0.1, 0.15) is 11.1 Å². The van der Waals surface area contributed by atoms with E-state index in [2.05, 4.69) is 0 Å². The summed E-state index contributed by atoms with van der Waals surface area (Å²) < 4.78 is 36.4. The van der Waals surface area contributed by atoms with Gasteiger partial charge in [0.1, 0.15) is 23.9 Å². The molecule has 0 heterocycles. The molecule has 4 nitrogen and oxygen atoms in total. The van der Waals surface area contributed by atoms with Crippen molar-refractivity contribution in [2.45, 2.75) is 6.61 Å². The summed E-state index contributed by atoms with van der Waals surface area (Å²) in [5.41, 5.74) is 6.66. The molecule has 6 heteroatoms. The van der Waals surface area contributed by atoms with Gasteiger partial charge in [0, 0.05) is 6.07 Å². The standard InChI is InChI=1S/C15H14F2N2O2/c1-20-14-6-9(2-4-11(14)15(18)19)8-21-10-3-5-12(16)13(17)7-10/h2-7H,8H2,1H3,(H3,18,19). The number of methoxy groups -OCH3 is 1. The molecule has 0 radical (unpaired) electrons. The third-order valence-corrected chi connectivity index (χ3v) is 2.85. The third-order valence-electron chi connectivity index (χ3n) is 2.85. The summed E-state index contributed by atoms with van der Waals surface area (Å²) in [6.07, 6.45) is 0. The van der Waals surface area contributed by atoms with Crippen LogP contribution in [0.25, 0.3) is 0 Å². The molecule has 0 bridgehead atoms. The van der Waals surface area contributed by atoms with E-state index >= 15 is 0 Å². The molecule has 0 aliphatic carbocycles. The third kappa shape index (κ3) is 3.47. The lowest BCUT2D eigenvalue weighted by molar-refractivity contribution is 0.302. The Hall–Kier alpha value is -2.63. The van der Waals surface area contributed by atoms with Crippen molar-refractivity contribution in [2.24, 2.45) is 5.73 Å². The van der Waals surface area contributed by atoms with Crippen molar-refractivity contribution < 1.29 is 18.3 Å². The fraction of sp³-hybridized carbons (Fsp3) is 0.133. The number of nitrogens with one attached hydrogen (secondary N) is 1. The smallest absolute Gasteiger partial charge is 0.162 e. The van der Waals surface area contributed by atoms with Crippen molar-refractivity contribution in [3.8, 4) is 11.5 Å². The van der Waals surface area contributed by atoms with Gasteiger partial charge in [0.25, 0.3) is 0 Å². The Morgan fingerprint density at radius 3 is 2.52 bits per heavy atom. The van der Waals surface area contributed by atoms with Gasteiger partial charge in [-0.05, 0) is 29.8 Å².